The number of hydrogen-bond acceptors (Lipinski definition) is 8. The lowest BCUT2D eigenvalue weighted by molar-refractivity contribution is -0.147. The lowest BCUT2D eigenvalue weighted by Crippen LogP contribution is -2.43. The van der Waals surface area contributed by atoms with Crippen LogP contribution in [0.15, 0.2) is 36.5 Å². The van der Waals surface area contributed by atoms with Crippen LogP contribution in [0.2, 0.25) is 0 Å². The lowest BCUT2D eigenvalue weighted by atomic mass is 10.0. The molecule has 3 atom stereocenters. The van der Waals surface area contributed by atoms with Gasteiger partial charge < -0.3 is 25.2 Å². The van der Waals surface area contributed by atoms with Gasteiger partial charge in [0, 0.05) is 12.8 Å². The van der Waals surface area contributed by atoms with Crippen LogP contribution >= 0.6 is 7.82 Å². The van der Waals surface area contributed by atoms with Crippen LogP contribution in [0, 0.1) is 0 Å². The topological polar surface area (TPSA) is 169 Å². The Morgan fingerprint density at radius 2 is 0.951 bits per heavy atom. The summed E-state index contributed by atoms with van der Waals surface area (Å²) < 4.78 is 26.9. The Morgan fingerprint density at radius 3 is 1.43 bits per heavy atom. The largest absolute Gasteiger partial charge is 0.480 e. The summed E-state index contributed by atoms with van der Waals surface area (Å²) in [6.07, 6.45) is 48.8. The first-order valence-corrected chi connectivity index (χ1v) is 26.0. The predicted octanol–water partition coefficient (Wildman–Crippen LogP) is 13.2. The first-order valence-electron chi connectivity index (χ1n) is 24.5. The zero-order chi connectivity index (χ0) is 44.9. The number of unbranched alkanes of at least 4 members (excludes halogenated alkanes) is 26. The smallest absolute Gasteiger partial charge is 0.472 e. The molecule has 0 rings (SSSR count). The number of phosphoric ester groups is 1. The summed E-state index contributed by atoms with van der Waals surface area (Å²) >= 11 is 0. The third kappa shape index (κ3) is 44.1. The highest BCUT2D eigenvalue weighted by molar-refractivity contribution is 7.47. The van der Waals surface area contributed by atoms with E-state index in [0.717, 1.165) is 70.6 Å². The molecule has 0 radical (unpaired) electrons. The molecular weight excluding hydrogens is 794 g/mol. The predicted molar refractivity (Wildman–Crippen MR) is 249 cm³/mol. The maximum absolute atomic E-state index is 12.4. The fourth-order valence-electron chi connectivity index (χ4n) is 6.92. The van der Waals surface area contributed by atoms with Gasteiger partial charge in [0.1, 0.15) is 12.7 Å². The summed E-state index contributed by atoms with van der Waals surface area (Å²) in [6, 6.07) is -1.55. The third-order valence-electron chi connectivity index (χ3n) is 10.7. The van der Waals surface area contributed by atoms with Crippen molar-refractivity contribution in [2.75, 3.05) is 19.8 Å². The second-order valence-electron chi connectivity index (χ2n) is 16.6. The number of ether oxygens (including phenoxy) is 1. The summed E-state index contributed by atoms with van der Waals surface area (Å²) in [6.45, 7) is 2.51. The van der Waals surface area contributed by atoms with Gasteiger partial charge in [-0.25, -0.2) is 9.36 Å². The van der Waals surface area contributed by atoms with Gasteiger partial charge in [-0.3, -0.25) is 18.6 Å². The lowest BCUT2D eigenvalue weighted by Gasteiger charge is -2.18. The quantitative estimate of drug-likeness (QED) is 0.0200. The number of hydrogen-bond donors (Lipinski definition) is 4. The minimum Gasteiger partial charge on any atom is -0.480 e. The highest BCUT2D eigenvalue weighted by Crippen LogP contribution is 2.43. The molecule has 1 amide bonds. The maximum Gasteiger partial charge on any atom is 0.472 e. The number of carboxylic acids is 1. The van der Waals surface area contributed by atoms with E-state index in [9.17, 15) is 34.1 Å². The summed E-state index contributed by atoms with van der Waals surface area (Å²) in [5.41, 5.74) is 0. The number of carbonyl (C=O) groups is 3. The minimum atomic E-state index is -4.76. The Kier molecular flexibility index (Phi) is 42.6. The Hall–Kier alpha value is -2.30. The van der Waals surface area contributed by atoms with E-state index in [1.165, 1.54) is 116 Å². The van der Waals surface area contributed by atoms with Crippen LogP contribution in [0.4, 0.5) is 0 Å². The van der Waals surface area contributed by atoms with Crippen molar-refractivity contribution in [2.45, 2.75) is 238 Å². The SMILES string of the molecule is CC/C=C\C/C=C\C/C=C\CCCCCCCCCC(=O)OCC(O)COP(=O)(O)OCC(NC(=O)CCCCCCCCCCCCCCCCCCCCCC)C(=O)O. The molecule has 4 N–H and O–H groups in total. The molecule has 12 heteroatoms. The molecular formula is C49H90NO10P. The van der Waals surface area contributed by atoms with Crippen LogP contribution in [0.25, 0.3) is 0 Å². The van der Waals surface area contributed by atoms with Gasteiger partial charge >= 0.3 is 19.8 Å². The van der Waals surface area contributed by atoms with E-state index >= 15 is 0 Å². The molecule has 356 valence electrons. The fraction of sp³-hybridized carbons (Fsp3) is 0.816. The van der Waals surface area contributed by atoms with E-state index in [0.29, 0.717) is 12.8 Å². The number of amides is 1. The molecule has 0 aromatic heterocycles. The van der Waals surface area contributed by atoms with Gasteiger partial charge in [-0.2, -0.15) is 0 Å². The number of carbonyl (C=O) groups excluding carboxylic acids is 2. The van der Waals surface area contributed by atoms with E-state index in [1.807, 2.05) is 0 Å². The minimum absolute atomic E-state index is 0.149. The van der Waals surface area contributed by atoms with Crippen LogP contribution in [0.3, 0.4) is 0 Å². The fourth-order valence-corrected chi connectivity index (χ4v) is 7.69. The van der Waals surface area contributed by atoms with E-state index in [-0.39, 0.29) is 12.8 Å². The second kappa shape index (κ2) is 44.3. The molecule has 0 bridgehead atoms. The van der Waals surface area contributed by atoms with E-state index < -0.39 is 57.6 Å². The van der Waals surface area contributed by atoms with Crippen LogP contribution in [0.1, 0.15) is 226 Å². The molecule has 0 heterocycles. The van der Waals surface area contributed by atoms with Crippen LogP contribution in [-0.2, 0) is 32.7 Å². The van der Waals surface area contributed by atoms with Gasteiger partial charge in [0.25, 0.3) is 0 Å². The number of nitrogens with one attached hydrogen (secondary N) is 1. The summed E-state index contributed by atoms with van der Waals surface area (Å²) in [5.74, 6) is -2.37. The number of carboxylic acid groups (broad SMARTS) is 1. The summed E-state index contributed by atoms with van der Waals surface area (Å²) in [7, 11) is -4.76. The molecule has 0 aromatic carbocycles. The van der Waals surface area contributed by atoms with Crippen molar-refractivity contribution < 1.29 is 47.8 Å². The molecule has 0 aromatic rings. The summed E-state index contributed by atoms with van der Waals surface area (Å²) in [5, 5.41) is 21.9. The Bertz CT molecular complexity index is 1180. The number of aliphatic hydroxyl groups is 1. The number of allylic oxidation sites excluding steroid dienone is 6. The van der Waals surface area contributed by atoms with Gasteiger partial charge in [-0.05, 0) is 44.9 Å². The molecule has 0 aliphatic heterocycles. The van der Waals surface area contributed by atoms with Gasteiger partial charge in [0.05, 0.1) is 13.2 Å². The number of rotatable bonds is 46. The normalized spacial score (nSPS) is 13.9. The summed E-state index contributed by atoms with van der Waals surface area (Å²) in [4.78, 5) is 46.1. The third-order valence-corrected chi connectivity index (χ3v) is 11.6. The van der Waals surface area contributed by atoms with Crippen molar-refractivity contribution in [3.8, 4) is 0 Å². The standard InChI is InChI=1S/C49H90NO10P/c1-3-5-7-9-11-13-15-17-19-21-22-23-25-26-28-30-32-34-36-38-40-47(52)50-46(49(54)55)44-60-61(56,57)59-43-45(51)42-58-48(53)41-39-37-35-33-31-29-27-24-20-18-16-14-12-10-8-6-4-2/h6,8,12,14,18,20,45-46,51H,3-5,7,9-11,13,15-17,19,21-44H2,1-2H3,(H,50,52)(H,54,55)(H,56,57)/b8-6-,14-12-,20-18-. The van der Waals surface area contributed by atoms with Crippen molar-refractivity contribution in [1.29, 1.82) is 0 Å². The van der Waals surface area contributed by atoms with Crippen LogP contribution < -0.4 is 5.32 Å². The van der Waals surface area contributed by atoms with Gasteiger partial charge in [-0.1, -0.05) is 204 Å². The average Bonchev–Trinajstić information content (AvgIpc) is 3.24. The number of phosphoric acid groups is 1. The van der Waals surface area contributed by atoms with Gasteiger partial charge in [-0.15, -0.1) is 0 Å². The second-order valence-corrected chi connectivity index (χ2v) is 18.1. The van der Waals surface area contributed by atoms with Crippen molar-refractivity contribution in [2.24, 2.45) is 0 Å². The van der Waals surface area contributed by atoms with Gasteiger partial charge in [0.15, 0.2) is 6.04 Å². The molecule has 0 aliphatic rings. The highest BCUT2D eigenvalue weighted by Gasteiger charge is 2.28. The Labute approximate surface area is 371 Å². The van der Waals surface area contributed by atoms with Crippen molar-refractivity contribution >= 4 is 25.7 Å². The van der Waals surface area contributed by atoms with Crippen LogP contribution in [-0.4, -0.2) is 64.9 Å². The monoisotopic (exact) mass is 884 g/mol. The molecule has 0 saturated heterocycles. The van der Waals surface area contributed by atoms with Crippen molar-refractivity contribution in [1.82, 2.24) is 5.32 Å². The first kappa shape index (κ1) is 58.7. The zero-order valence-corrected chi connectivity index (χ0v) is 39.6. The molecule has 11 nitrogen and oxygen atoms in total. The highest BCUT2D eigenvalue weighted by atomic mass is 31.2. The first-order chi connectivity index (χ1) is 29.6. The van der Waals surface area contributed by atoms with E-state index in [1.54, 1.807) is 0 Å². The Morgan fingerprint density at radius 1 is 0.541 bits per heavy atom. The van der Waals surface area contributed by atoms with Crippen molar-refractivity contribution in [3.05, 3.63) is 36.5 Å². The average molecular weight is 884 g/mol. The van der Waals surface area contributed by atoms with E-state index in [4.69, 9.17) is 13.8 Å². The van der Waals surface area contributed by atoms with E-state index in [2.05, 4.69) is 55.6 Å². The molecule has 3 unspecified atom stereocenters. The molecule has 61 heavy (non-hydrogen) atoms. The van der Waals surface area contributed by atoms with Crippen LogP contribution in [0.5, 0.6) is 0 Å². The number of aliphatic hydroxyl groups excluding tert-OH is 1. The molecule has 0 fully saturated rings. The number of esters is 1. The van der Waals surface area contributed by atoms with Gasteiger partial charge in [0.2, 0.25) is 5.91 Å². The Balaban J connectivity index is 3.84. The zero-order valence-electron chi connectivity index (χ0n) is 38.7. The maximum atomic E-state index is 12.4. The molecule has 0 spiro atoms. The van der Waals surface area contributed by atoms with Crippen molar-refractivity contribution in [3.63, 3.8) is 0 Å². The molecule has 0 aliphatic carbocycles. The molecule has 0 saturated carbocycles. The number of aliphatic carboxylic acids is 1.